The molecule has 0 radical (unpaired) electrons. The molecule has 5 aromatic rings. The Hall–Kier alpha value is -4.27. The van der Waals surface area contributed by atoms with Gasteiger partial charge in [-0.1, -0.05) is 48.8 Å². The minimum absolute atomic E-state index is 0.136. The molecule has 4 heterocycles. The molecule has 2 aromatic carbocycles. The lowest BCUT2D eigenvalue weighted by Gasteiger charge is -2.10. The van der Waals surface area contributed by atoms with Gasteiger partial charge >= 0.3 is 0 Å². The number of nitrogens with zero attached hydrogens (tertiary/aromatic N) is 7. The van der Waals surface area contributed by atoms with Gasteiger partial charge < -0.3 is 13.8 Å². The van der Waals surface area contributed by atoms with Crippen molar-refractivity contribution >= 4 is 0 Å². The summed E-state index contributed by atoms with van der Waals surface area (Å²) in [6.45, 7) is 6.89. The van der Waals surface area contributed by atoms with Crippen LogP contribution in [0.3, 0.4) is 0 Å². The van der Waals surface area contributed by atoms with Crippen molar-refractivity contribution in [2.45, 2.75) is 39.8 Å². The standard InChI is InChI=1S/C25H23N7O2/c1-15(2)25-27-23(30-34-25)22-20-12-31-21(13-33-17-7-5-4-6-8-17)28-29-24(31)18-11-16(3)9-10-19(18)32(20)14-26-22/h4-11,14-15H,12-13H2,1-3H3. The molecular weight excluding hydrogens is 430 g/mol. The number of hydrogen-bond donors (Lipinski definition) is 0. The second-order valence-electron chi connectivity index (χ2n) is 8.67. The van der Waals surface area contributed by atoms with Crippen LogP contribution in [0.1, 0.15) is 42.7 Å². The summed E-state index contributed by atoms with van der Waals surface area (Å²) >= 11 is 0. The van der Waals surface area contributed by atoms with Gasteiger partial charge in [-0.05, 0) is 31.2 Å². The molecule has 0 fully saturated rings. The largest absolute Gasteiger partial charge is 0.486 e. The highest BCUT2D eigenvalue weighted by Crippen LogP contribution is 2.35. The number of fused-ring (bicyclic) bond motifs is 5. The summed E-state index contributed by atoms with van der Waals surface area (Å²) < 4.78 is 15.6. The summed E-state index contributed by atoms with van der Waals surface area (Å²) in [6, 6.07) is 16.0. The first-order valence-electron chi connectivity index (χ1n) is 11.2. The third-order valence-electron chi connectivity index (χ3n) is 5.91. The fourth-order valence-electron chi connectivity index (χ4n) is 4.15. The van der Waals surface area contributed by atoms with Crippen LogP contribution in [0.25, 0.3) is 28.6 Å². The van der Waals surface area contributed by atoms with Gasteiger partial charge in [0.25, 0.3) is 0 Å². The van der Waals surface area contributed by atoms with Crippen molar-refractivity contribution in [2.24, 2.45) is 0 Å². The highest BCUT2D eigenvalue weighted by atomic mass is 16.5. The molecule has 1 aliphatic heterocycles. The zero-order chi connectivity index (χ0) is 23.2. The van der Waals surface area contributed by atoms with E-state index in [4.69, 9.17) is 9.26 Å². The number of aryl methyl sites for hydroxylation is 1. The Labute approximate surface area is 196 Å². The van der Waals surface area contributed by atoms with Crippen LogP contribution in [0.15, 0.2) is 59.4 Å². The van der Waals surface area contributed by atoms with E-state index in [1.807, 2.05) is 50.5 Å². The fraction of sp³-hybridized carbons (Fsp3) is 0.240. The van der Waals surface area contributed by atoms with Crippen LogP contribution in [0, 0.1) is 6.92 Å². The molecule has 0 saturated heterocycles. The van der Waals surface area contributed by atoms with Crippen molar-refractivity contribution in [1.82, 2.24) is 34.5 Å². The van der Waals surface area contributed by atoms with Crippen LogP contribution >= 0.6 is 0 Å². The van der Waals surface area contributed by atoms with Gasteiger partial charge in [0.2, 0.25) is 11.7 Å². The highest BCUT2D eigenvalue weighted by molar-refractivity contribution is 5.71. The molecule has 170 valence electrons. The summed E-state index contributed by atoms with van der Waals surface area (Å²) in [4.78, 5) is 9.26. The Morgan fingerprint density at radius 1 is 1.09 bits per heavy atom. The number of imidazole rings is 1. The van der Waals surface area contributed by atoms with E-state index in [-0.39, 0.29) is 5.92 Å². The fourth-order valence-corrected chi connectivity index (χ4v) is 4.15. The maximum atomic E-state index is 6.00. The Balaban J connectivity index is 1.47. The molecule has 9 heteroatoms. The van der Waals surface area contributed by atoms with E-state index in [0.29, 0.717) is 30.6 Å². The van der Waals surface area contributed by atoms with Gasteiger partial charge in [0.15, 0.2) is 11.6 Å². The zero-order valence-corrected chi connectivity index (χ0v) is 19.1. The van der Waals surface area contributed by atoms with Crippen LogP contribution < -0.4 is 4.74 Å². The first-order chi connectivity index (χ1) is 16.6. The molecular formula is C25H23N7O2. The van der Waals surface area contributed by atoms with Gasteiger partial charge in [0.1, 0.15) is 24.4 Å². The molecule has 6 rings (SSSR count). The highest BCUT2D eigenvalue weighted by Gasteiger charge is 2.28. The summed E-state index contributed by atoms with van der Waals surface area (Å²) in [5, 5.41) is 13.2. The number of aromatic nitrogens is 7. The zero-order valence-electron chi connectivity index (χ0n) is 19.1. The van der Waals surface area contributed by atoms with Crippen LogP contribution in [-0.4, -0.2) is 34.5 Å². The van der Waals surface area contributed by atoms with Crippen molar-refractivity contribution < 1.29 is 9.26 Å². The Kier molecular flexibility index (Phi) is 4.75. The first-order valence-corrected chi connectivity index (χ1v) is 11.2. The van der Waals surface area contributed by atoms with Gasteiger partial charge in [-0.2, -0.15) is 4.98 Å². The monoisotopic (exact) mass is 453 g/mol. The van der Waals surface area contributed by atoms with Gasteiger partial charge in [-0.25, -0.2) is 4.98 Å². The van der Waals surface area contributed by atoms with E-state index in [2.05, 4.69) is 59.6 Å². The Morgan fingerprint density at radius 3 is 2.74 bits per heavy atom. The van der Waals surface area contributed by atoms with Crippen molar-refractivity contribution in [2.75, 3.05) is 0 Å². The molecule has 0 spiro atoms. The normalized spacial score (nSPS) is 12.2. The number of hydrogen-bond acceptors (Lipinski definition) is 7. The van der Waals surface area contributed by atoms with Crippen LogP contribution in [-0.2, 0) is 13.2 Å². The van der Waals surface area contributed by atoms with Crippen molar-refractivity contribution in [3.63, 3.8) is 0 Å². The smallest absolute Gasteiger partial charge is 0.229 e. The van der Waals surface area contributed by atoms with E-state index < -0.39 is 0 Å². The average molecular weight is 454 g/mol. The predicted molar refractivity (Wildman–Crippen MR) is 125 cm³/mol. The van der Waals surface area contributed by atoms with E-state index >= 15 is 0 Å². The SMILES string of the molecule is Cc1ccc2c(c1)-c1nnc(COc3ccccc3)n1Cc1c(-c3noc(C(C)C)n3)ncn1-2. The molecule has 0 amide bonds. The lowest BCUT2D eigenvalue weighted by atomic mass is 10.1. The second-order valence-corrected chi connectivity index (χ2v) is 8.67. The maximum absolute atomic E-state index is 6.00. The average Bonchev–Trinajstić information content (AvgIpc) is 3.56. The Bertz CT molecular complexity index is 1480. The molecule has 34 heavy (non-hydrogen) atoms. The van der Waals surface area contributed by atoms with Crippen molar-refractivity contribution in [1.29, 1.82) is 0 Å². The topological polar surface area (TPSA) is 96.7 Å². The third kappa shape index (κ3) is 3.37. The van der Waals surface area contributed by atoms with Crippen LogP contribution in [0.2, 0.25) is 0 Å². The molecule has 0 aliphatic carbocycles. The summed E-state index contributed by atoms with van der Waals surface area (Å²) in [5.41, 5.74) is 4.71. The molecule has 9 nitrogen and oxygen atoms in total. The molecule has 0 saturated carbocycles. The first kappa shape index (κ1) is 20.3. The third-order valence-corrected chi connectivity index (χ3v) is 5.91. The van der Waals surface area contributed by atoms with Crippen molar-refractivity contribution in [3.05, 3.63) is 77.8 Å². The summed E-state index contributed by atoms with van der Waals surface area (Å²) in [5.74, 6) is 3.49. The number of para-hydroxylation sites is 1. The molecule has 0 N–H and O–H groups in total. The second kappa shape index (κ2) is 7.95. The molecule has 1 aliphatic rings. The number of ether oxygens (including phenoxy) is 1. The van der Waals surface area contributed by atoms with Gasteiger partial charge in [0, 0.05) is 11.5 Å². The lowest BCUT2D eigenvalue weighted by molar-refractivity contribution is 0.290. The Morgan fingerprint density at radius 2 is 1.94 bits per heavy atom. The van der Waals surface area contributed by atoms with Crippen LogP contribution in [0.4, 0.5) is 0 Å². The minimum atomic E-state index is 0.136. The van der Waals surface area contributed by atoms with Gasteiger partial charge in [-0.15, -0.1) is 10.2 Å². The van der Waals surface area contributed by atoms with E-state index in [1.165, 1.54) is 0 Å². The van der Waals surface area contributed by atoms with Gasteiger partial charge in [-0.3, -0.25) is 4.57 Å². The quantitative estimate of drug-likeness (QED) is 0.378. The van der Waals surface area contributed by atoms with Crippen LogP contribution in [0.5, 0.6) is 5.75 Å². The lowest BCUT2D eigenvalue weighted by Crippen LogP contribution is -2.10. The number of benzene rings is 2. The number of rotatable bonds is 5. The molecule has 0 unspecified atom stereocenters. The maximum Gasteiger partial charge on any atom is 0.229 e. The van der Waals surface area contributed by atoms with Gasteiger partial charge in [0.05, 0.1) is 17.9 Å². The minimum Gasteiger partial charge on any atom is -0.486 e. The van der Waals surface area contributed by atoms with E-state index in [9.17, 15) is 0 Å². The summed E-state index contributed by atoms with van der Waals surface area (Å²) in [6.07, 6.45) is 1.81. The van der Waals surface area contributed by atoms with E-state index in [0.717, 1.165) is 39.9 Å². The molecule has 0 bridgehead atoms. The molecule has 3 aromatic heterocycles. The predicted octanol–water partition coefficient (Wildman–Crippen LogP) is 4.55. The van der Waals surface area contributed by atoms with Crippen molar-refractivity contribution in [3.8, 4) is 34.3 Å². The summed E-state index contributed by atoms with van der Waals surface area (Å²) in [7, 11) is 0. The van der Waals surface area contributed by atoms with E-state index in [1.54, 1.807) is 0 Å². The molecule has 0 atom stereocenters.